The maximum Gasteiger partial charge on any atom is 0.574 e. The number of methoxy groups -OCH3 is 2. The van der Waals surface area contributed by atoms with E-state index in [1.807, 2.05) is 0 Å². The molecule has 0 spiro atoms. The van der Waals surface area contributed by atoms with Gasteiger partial charge in [0.1, 0.15) is 5.75 Å². The molecule has 0 aliphatic carbocycles. The van der Waals surface area contributed by atoms with Crippen LogP contribution >= 0.6 is 11.6 Å². The van der Waals surface area contributed by atoms with Crippen molar-refractivity contribution in [1.29, 1.82) is 0 Å². The number of rotatable bonds is 5. The summed E-state index contributed by atoms with van der Waals surface area (Å²) in [5, 5.41) is 0. The fourth-order valence-electron chi connectivity index (χ4n) is 1.44. The van der Waals surface area contributed by atoms with E-state index in [0.29, 0.717) is 0 Å². The Kier molecular flexibility index (Phi) is 5.43. The highest BCUT2D eigenvalue weighted by molar-refractivity contribution is 6.17. The minimum absolute atomic E-state index is 0.0142. The van der Waals surface area contributed by atoms with Gasteiger partial charge in [0.05, 0.1) is 32.2 Å². The summed E-state index contributed by atoms with van der Waals surface area (Å²) in [5.74, 6) is -1.50. The van der Waals surface area contributed by atoms with Gasteiger partial charge in [-0.15, -0.1) is 24.8 Å². The van der Waals surface area contributed by atoms with Crippen LogP contribution in [-0.4, -0.2) is 31.5 Å². The van der Waals surface area contributed by atoms with Crippen molar-refractivity contribution in [1.82, 2.24) is 4.98 Å². The average Bonchev–Trinajstić information content (AvgIpc) is 2.37. The van der Waals surface area contributed by atoms with E-state index in [2.05, 4.69) is 14.5 Å². The predicted octanol–water partition coefficient (Wildman–Crippen LogP) is 2.44. The average molecular weight is 314 g/mol. The number of pyridine rings is 1. The van der Waals surface area contributed by atoms with Gasteiger partial charge >= 0.3 is 12.3 Å². The molecule has 0 atom stereocenters. The number of esters is 1. The second-order valence-electron chi connectivity index (χ2n) is 3.52. The molecule has 1 heterocycles. The van der Waals surface area contributed by atoms with E-state index < -0.39 is 18.2 Å². The number of halogens is 4. The summed E-state index contributed by atoms with van der Waals surface area (Å²) in [6, 6.07) is 0.932. The lowest BCUT2D eigenvalue weighted by atomic mass is 10.1. The quantitative estimate of drug-likeness (QED) is 0.617. The third-order valence-corrected chi connectivity index (χ3v) is 2.51. The summed E-state index contributed by atoms with van der Waals surface area (Å²) in [6.45, 7) is 0. The highest BCUT2D eigenvalue weighted by atomic mass is 35.5. The lowest BCUT2D eigenvalue weighted by Crippen LogP contribution is -2.19. The van der Waals surface area contributed by atoms with Crippen molar-refractivity contribution in [2.75, 3.05) is 14.2 Å². The Hall–Kier alpha value is -1.70. The van der Waals surface area contributed by atoms with E-state index in [-0.39, 0.29) is 29.3 Å². The summed E-state index contributed by atoms with van der Waals surface area (Å²) in [6.07, 6.45) is -5.10. The van der Waals surface area contributed by atoms with Crippen molar-refractivity contribution < 1.29 is 32.2 Å². The molecule has 0 amide bonds. The second kappa shape index (κ2) is 6.65. The van der Waals surface area contributed by atoms with Gasteiger partial charge < -0.3 is 14.2 Å². The number of alkyl halides is 4. The molecule has 0 aliphatic rings. The smallest absolute Gasteiger partial charge is 0.496 e. The first-order valence-corrected chi connectivity index (χ1v) is 5.79. The zero-order valence-corrected chi connectivity index (χ0v) is 11.3. The normalized spacial score (nSPS) is 11.1. The molecule has 0 unspecified atom stereocenters. The van der Waals surface area contributed by atoms with Crippen LogP contribution in [0, 0.1) is 0 Å². The van der Waals surface area contributed by atoms with Crippen molar-refractivity contribution in [3.05, 3.63) is 17.3 Å². The predicted molar refractivity (Wildman–Crippen MR) is 62.7 cm³/mol. The van der Waals surface area contributed by atoms with Gasteiger partial charge in [0.15, 0.2) is 0 Å². The van der Waals surface area contributed by atoms with Crippen LogP contribution in [0.5, 0.6) is 11.6 Å². The first-order chi connectivity index (χ1) is 9.30. The third kappa shape index (κ3) is 4.44. The number of hydrogen-bond donors (Lipinski definition) is 0. The Morgan fingerprint density at radius 1 is 1.40 bits per heavy atom. The molecule has 0 aromatic carbocycles. The molecule has 0 fully saturated rings. The van der Waals surface area contributed by atoms with Gasteiger partial charge in [0.2, 0.25) is 5.88 Å². The molecule has 20 heavy (non-hydrogen) atoms. The summed E-state index contributed by atoms with van der Waals surface area (Å²) in [4.78, 5) is 14.9. The Balaban J connectivity index is 3.21. The Bertz CT molecular complexity index is 468. The molecular weight excluding hydrogens is 303 g/mol. The lowest BCUT2D eigenvalue weighted by molar-refractivity contribution is -0.276. The molecule has 9 heteroatoms. The van der Waals surface area contributed by atoms with Crippen LogP contribution in [0.15, 0.2) is 6.07 Å². The summed E-state index contributed by atoms with van der Waals surface area (Å²) < 4.78 is 49.6. The Morgan fingerprint density at radius 2 is 2.05 bits per heavy atom. The van der Waals surface area contributed by atoms with Gasteiger partial charge in [0, 0.05) is 11.6 Å². The van der Waals surface area contributed by atoms with Gasteiger partial charge in [0.25, 0.3) is 0 Å². The van der Waals surface area contributed by atoms with Crippen LogP contribution in [0.2, 0.25) is 0 Å². The Labute approximate surface area is 117 Å². The van der Waals surface area contributed by atoms with Crippen LogP contribution in [0.4, 0.5) is 13.2 Å². The zero-order valence-electron chi connectivity index (χ0n) is 10.6. The second-order valence-corrected chi connectivity index (χ2v) is 3.79. The standard InChI is InChI=1S/C11H11ClF3NO4/c1-18-8-4-9(20-11(13,14)15)16-7(5-12)6(8)3-10(17)19-2/h4H,3,5H2,1-2H3. The highest BCUT2D eigenvalue weighted by Crippen LogP contribution is 2.30. The first-order valence-electron chi connectivity index (χ1n) is 5.26. The molecule has 1 aromatic heterocycles. The van der Waals surface area contributed by atoms with E-state index >= 15 is 0 Å². The highest BCUT2D eigenvalue weighted by Gasteiger charge is 2.32. The topological polar surface area (TPSA) is 57.7 Å². The monoisotopic (exact) mass is 313 g/mol. The number of aromatic nitrogens is 1. The molecular formula is C11H11ClF3NO4. The summed E-state index contributed by atoms with van der Waals surface area (Å²) in [5.41, 5.74) is 0.305. The number of nitrogens with zero attached hydrogens (tertiary/aromatic N) is 1. The number of ether oxygens (including phenoxy) is 3. The van der Waals surface area contributed by atoms with E-state index in [1.165, 1.54) is 14.2 Å². The van der Waals surface area contributed by atoms with Crippen molar-refractivity contribution in [3.63, 3.8) is 0 Å². The molecule has 0 radical (unpaired) electrons. The number of carbonyl (C=O) groups excluding carboxylic acids is 1. The first kappa shape index (κ1) is 16.4. The van der Waals surface area contributed by atoms with Crippen molar-refractivity contribution in [3.8, 4) is 11.6 Å². The SMILES string of the molecule is COC(=O)Cc1c(OC)cc(OC(F)(F)F)nc1CCl. The van der Waals surface area contributed by atoms with Gasteiger partial charge in [-0.2, -0.15) is 0 Å². The van der Waals surface area contributed by atoms with E-state index in [0.717, 1.165) is 6.07 Å². The van der Waals surface area contributed by atoms with E-state index in [4.69, 9.17) is 16.3 Å². The maximum absolute atomic E-state index is 12.2. The molecule has 5 nitrogen and oxygen atoms in total. The third-order valence-electron chi connectivity index (χ3n) is 2.26. The van der Waals surface area contributed by atoms with Gasteiger partial charge in [-0.3, -0.25) is 4.79 Å². The molecule has 0 saturated carbocycles. The van der Waals surface area contributed by atoms with Gasteiger partial charge in [-0.1, -0.05) is 0 Å². The van der Waals surface area contributed by atoms with Crippen LogP contribution < -0.4 is 9.47 Å². The van der Waals surface area contributed by atoms with Crippen molar-refractivity contribution in [2.24, 2.45) is 0 Å². The number of carbonyl (C=O) groups is 1. The molecule has 0 N–H and O–H groups in total. The molecule has 0 aliphatic heterocycles. The summed E-state index contributed by atoms with van der Waals surface area (Å²) >= 11 is 5.62. The zero-order chi connectivity index (χ0) is 15.3. The van der Waals surface area contributed by atoms with Gasteiger partial charge in [-0.05, 0) is 0 Å². The van der Waals surface area contributed by atoms with E-state index in [1.54, 1.807) is 0 Å². The van der Waals surface area contributed by atoms with Crippen LogP contribution in [0.25, 0.3) is 0 Å². The van der Waals surface area contributed by atoms with Crippen LogP contribution in [0.3, 0.4) is 0 Å². The van der Waals surface area contributed by atoms with E-state index in [9.17, 15) is 18.0 Å². The fraction of sp³-hybridized carbons (Fsp3) is 0.455. The van der Waals surface area contributed by atoms with Crippen molar-refractivity contribution >= 4 is 17.6 Å². The minimum atomic E-state index is -4.88. The molecule has 112 valence electrons. The minimum Gasteiger partial charge on any atom is -0.496 e. The Morgan fingerprint density at radius 3 is 2.50 bits per heavy atom. The molecule has 0 saturated heterocycles. The molecule has 1 rings (SSSR count). The number of hydrogen-bond acceptors (Lipinski definition) is 5. The fourth-order valence-corrected chi connectivity index (χ4v) is 1.66. The molecule has 0 bridgehead atoms. The van der Waals surface area contributed by atoms with Crippen LogP contribution in [-0.2, 0) is 21.8 Å². The van der Waals surface area contributed by atoms with Crippen molar-refractivity contribution in [2.45, 2.75) is 18.7 Å². The van der Waals surface area contributed by atoms with Crippen LogP contribution in [0.1, 0.15) is 11.3 Å². The largest absolute Gasteiger partial charge is 0.574 e. The maximum atomic E-state index is 12.2. The summed E-state index contributed by atoms with van der Waals surface area (Å²) in [7, 11) is 2.43. The van der Waals surface area contributed by atoms with Gasteiger partial charge in [-0.25, -0.2) is 4.98 Å². The lowest BCUT2D eigenvalue weighted by Gasteiger charge is -2.14. The molecule has 1 aromatic rings.